The van der Waals surface area contributed by atoms with Gasteiger partial charge in [0.15, 0.2) is 0 Å². The van der Waals surface area contributed by atoms with Crippen molar-refractivity contribution >= 4 is 42.9 Å². The number of thiophene rings is 1. The van der Waals surface area contributed by atoms with E-state index in [-0.39, 0.29) is 11.4 Å². The van der Waals surface area contributed by atoms with E-state index in [2.05, 4.69) is 0 Å². The summed E-state index contributed by atoms with van der Waals surface area (Å²) in [6.07, 6.45) is 0. The summed E-state index contributed by atoms with van der Waals surface area (Å²) in [5.41, 5.74) is -0.479. The molecule has 2 aromatic carbocycles. The van der Waals surface area contributed by atoms with Gasteiger partial charge in [0.25, 0.3) is 11.4 Å². The van der Waals surface area contributed by atoms with Gasteiger partial charge in [0.2, 0.25) is 0 Å². The minimum atomic E-state index is -0.612. The Bertz CT molecular complexity index is 840. The average molecular weight is 274 g/mol. The van der Waals surface area contributed by atoms with Crippen LogP contribution < -0.4 is 0 Å². The third kappa shape index (κ3) is 1.71. The summed E-state index contributed by atoms with van der Waals surface area (Å²) in [5, 5.41) is 23.3. The van der Waals surface area contributed by atoms with Crippen LogP contribution >= 0.6 is 11.3 Å². The molecule has 0 saturated carbocycles. The van der Waals surface area contributed by atoms with Crippen LogP contribution in [-0.4, -0.2) is 9.85 Å². The minimum Gasteiger partial charge on any atom is -0.258 e. The maximum Gasteiger partial charge on any atom is 0.293 e. The van der Waals surface area contributed by atoms with Crippen molar-refractivity contribution in [3.05, 3.63) is 56.6 Å². The molecule has 0 N–H and O–H groups in total. The standard InChI is InChI=1S/C12H6N2O4S/c15-13(16)7-5-9-8-3-1-2-4-11(8)19-12(9)10(6-7)14(17)18/h1-6H. The fourth-order valence-corrected chi connectivity index (χ4v) is 3.21. The zero-order valence-electron chi connectivity index (χ0n) is 9.40. The molecule has 0 spiro atoms. The summed E-state index contributed by atoms with van der Waals surface area (Å²) < 4.78 is 1.35. The van der Waals surface area contributed by atoms with Crippen LogP contribution in [0.1, 0.15) is 0 Å². The van der Waals surface area contributed by atoms with Crippen molar-refractivity contribution < 1.29 is 9.85 Å². The maximum atomic E-state index is 11.1. The van der Waals surface area contributed by atoms with Gasteiger partial charge in [-0.2, -0.15) is 0 Å². The Kier molecular flexibility index (Phi) is 2.42. The molecule has 19 heavy (non-hydrogen) atoms. The van der Waals surface area contributed by atoms with Crippen molar-refractivity contribution in [1.82, 2.24) is 0 Å². The molecule has 3 rings (SSSR count). The van der Waals surface area contributed by atoms with Gasteiger partial charge in [0.1, 0.15) is 4.70 Å². The van der Waals surface area contributed by atoms with Crippen LogP contribution in [0.2, 0.25) is 0 Å². The molecule has 0 fully saturated rings. The number of rotatable bonds is 2. The van der Waals surface area contributed by atoms with Gasteiger partial charge in [-0.05, 0) is 6.07 Å². The first-order valence-electron chi connectivity index (χ1n) is 5.32. The van der Waals surface area contributed by atoms with Crippen molar-refractivity contribution in [3.8, 4) is 0 Å². The molecule has 6 nitrogen and oxygen atoms in total. The zero-order valence-corrected chi connectivity index (χ0v) is 10.2. The number of nitro benzene ring substituents is 2. The Morgan fingerprint density at radius 2 is 1.68 bits per heavy atom. The molecule has 94 valence electrons. The summed E-state index contributed by atoms with van der Waals surface area (Å²) in [4.78, 5) is 20.7. The first-order valence-corrected chi connectivity index (χ1v) is 6.13. The van der Waals surface area contributed by atoms with Crippen LogP contribution in [-0.2, 0) is 0 Å². The predicted molar refractivity (Wildman–Crippen MR) is 72.6 cm³/mol. The number of non-ortho nitro benzene ring substituents is 2. The third-order valence-electron chi connectivity index (χ3n) is 2.85. The normalized spacial score (nSPS) is 10.9. The predicted octanol–water partition coefficient (Wildman–Crippen LogP) is 3.87. The Balaban J connectivity index is 2.52. The molecule has 0 radical (unpaired) electrons. The molecule has 0 aliphatic rings. The van der Waals surface area contributed by atoms with E-state index >= 15 is 0 Å². The lowest BCUT2D eigenvalue weighted by Crippen LogP contribution is -1.92. The molecule has 0 atom stereocenters. The molecule has 0 saturated heterocycles. The van der Waals surface area contributed by atoms with E-state index in [1.54, 1.807) is 6.07 Å². The van der Waals surface area contributed by atoms with Gasteiger partial charge in [-0.1, -0.05) is 18.2 Å². The van der Waals surface area contributed by atoms with Crippen molar-refractivity contribution in [2.45, 2.75) is 0 Å². The SMILES string of the molecule is O=[N+]([O-])c1cc([N+](=O)[O-])c2sc3ccccc3c2c1. The zero-order chi connectivity index (χ0) is 13.6. The first-order chi connectivity index (χ1) is 9.08. The third-order valence-corrected chi connectivity index (χ3v) is 4.06. The van der Waals surface area contributed by atoms with Gasteiger partial charge in [0.05, 0.1) is 15.9 Å². The van der Waals surface area contributed by atoms with Crippen LogP contribution in [0.15, 0.2) is 36.4 Å². The van der Waals surface area contributed by atoms with Gasteiger partial charge < -0.3 is 0 Å². The van der Waals surface area contributed by atoms with Crippen LogP contribution in [0, 0.1) is 20.2 Å². The molecule has 1 heterocycles. The lowest BCUT2D eigenvalue weighted by molar-refractivity contribution is -0.392. The molecular formula is C12H6N2O4S. The number of hydrogen-bond acceptors (Lipinski definition) is 5. The Morgan fingerprint density at radius 1 is 0.947 bits per heavy atom. The molecule has 3 aromatic rings. The van der Waals surface area contributed by atoms with Gasteiger partial charge >= 0.3 is 0 Å². The highest BCUT2D eigenvalue weighted by Gasteiger charge is 2.22. The van der Waals surface area contributed by atoms with Crippen LogP contribution in [0.3, 0.4) is 0 Å². The van der Waals surface area contributed by atoms with E-state index in [1.807, 2.05) is 18.2 Å². The fraction of sp³-hybridized carbons (Fsp3) is 0. The van der Waals surface area contributed by atoms with E-state index < -0.39 is 9.85 Å². The second-order valence-electron chi connectivity index (χ2n) is 3.95. The van der Waals surface area contributed by atoms with Crippen LogP contribution in [0.25, 0.3) is 20.2 Å². The maximum absolute atomic E-state index is 11.1. The highest BCUT2D eigenvalue weighted by Crippen LogP contribution is 2.41. The summed E-state index contributed by atoms with van der Waals surface area (Å²) in [5.74, 6) is 0. The quantitative estimate of drug-likeness (QED) is 0.524. The molecule has 0 aliphatic carbocycles. The van der Waals surface area contributed by atoms with Crippen molar-refractivity contribution in [3.63, 3.8) is 0 Å². The lowest BCUT2D eigenvalue weighted by atomic mass is 10.1. The molecule has 0 aliphatic heterocycles. The van der Waals surface area contributed by atoms with E-state index in [0.717, 1.165) is 16.2 Å². The van der Waals surface area contributed by atoms with Gasteiger partial charge in [0, 0.05) is 21.5 Å². The lowest BCUT2D eigenvalue weighted by Gasteiger charge is -1.95. The summed E-state index contributed by atoms with van der Waals surface area (Å²) >= 11 is 1.27. The second kappa shape index (κ2) is 3.99. The van der Waals surface area contributed by atoms with Crippen molar-refractivity contribution in [1.29, 1.82) is 0 Å². The fourth-order valence-electron chi connectivity index (χ4n) is 2.04. The largest absolute Gasteiger partial charge is 0.293 e. The molecule has 0 bridgehead atoms. The molecular weight excluding hydrogens is 268 g/mol. The Morgan fingerprint density at radius 3 is 2.37 bits per heavy atom. The Hall–Kier alpha value is -2.54. The number of nitrogens with zero attached hydrogens (tertiary/aromatic N) is 2. The summed E-state index contributed by atoms with van der Waals surface area (Å²) in [7, 11) is 0. The number of fused-ring (bicyclic) bond motifs is 3. The van der Waals surface area contributed by atoms with Crippen molar-refractivity contribution in [2.24, 2.45) is 0 Å². The van der Waals surface area contributed by atoms with E-state index in [1.165, 1.54) is 17.4 Å². The van der Waals surface area contributed by atoms with E-state index in [9.17, 15) is 20.2 Å². The van der Waals surface area contributed by atoms with Crippen LogP contribution in [0.5, 0.6) is 0 Å². The number of benzene rings is 2. The smallest absolute Gasteiger partial charge is 0.258 e. The molecule has 0 unspecified atom stereocenters. The number of nitro groups is 2. The number of hydrogen-bond donors (Lipinski definition) is 0. The Labute approximate surface area is 110 Å². The molecule has 7 heteroatoms. The topological polar surface area (TPSA) is 86.3 Å². The van der Waals surface area contributed by atoms with E-state index in [4.69, 9.17) is 0 Å². The monoisotopic (exact) mass is 274 g/mol. The van der Waals surface area contributed by atoms with Gasteiger partial charge in [-0.15, -0.1) is 11.3 Å². The highest BCUT2D eigenvalue weighted by molar-refractivity contribution is 7.26. The van der Waals surface area contributed by atoms with Crippen LogP contribution in [0.4, 0.5) is 11.4 Å². The first kappa shape index (κ1) is 11.5. The second-order valence-corrected chi connectivity index (χ2v) is 5.01. The highest BCUT2D eigenvalue weighted by atomic mass is 32.1. The van der Waals surface area contributed by atoms with Crippen molar-refractivity contribution in [2.75, 3.05) is 0 Å². The summed E-state index contributed by atoms with van der Waals surface area (Å²) in [6, 6.07) is 9.69. The molecule has 0 amide bonds. The van der Waals surface area contributed by atoms with E-state index in [0.29, 0.717) is 10.1 Å². The minimum absolute atomic E-state index is 0.217. The average Bonchev–Trinajstić information content (AvgIpc) is 2.75. The van der Waals surface area contributed by atoms with Gasteiger partial charge in [-0.25, -0.2) is 0 Å². The van der Waals surface area contributed by atoms with Gasteiger partial charge in [-0.3, -0.25) is 20.2 Å². The summed E-state index contributed by atoms with van der Waals surface area (Å²) in [6.45, 7) is 0. The molecule has 1 aromatic heterocycles.